The van der Waals surface area contributed by atoms with Crippen LogP contribution >= 0.6 is 0 Å². The van der Waals surface area contributed by atoms with E-state index in [0.29, 0.717) is 12.6 Å². The van der Waals surface area contributed by atoms with Crippen molar-refractivity contribution < 1.29 is 4.74 Å². The van der Waals surface area contributed by atoms with E-state index < -0.39 is 0 Å². The van der Waals surface area contributed by atoms with Crippen molar-refractivity contribution in [2.24, 2.45) is 0 Å². The highest BCUT2D eigenvalue weighted by Crippen LogP contribution is 2.12. The third-order valence-electron chi connectivity index (χ3n) is 3.68. The lowest BCUT2D eigenvalue weighted by molar-refractivity contribution is 0.298. The molecule has 1 aliphatic rings. The Bertz CT molecular complexity index is 396. The van der Waals surface area contributed by atoms with E-state index >= 15 is 0 Å². The Morgan fingerprint density at radius 1 is 1.30 bits per heavy atom. The second-order valence-electron chi connectivity index (χ2n) is 5.53. The van der Waals surface area contributed by atoms with Crippen LogP contribution < -0.4 is 10.1 Å². The predicted molar refractivity (Wildman–Crippen MR) is 84.1 cm³/mol. The number of hydrogen-bond donors (Lipinski definition) is 1. The van der Waals surface area contributed by atoms with Crippen LogP contribution in [0.4, 0.5) is 0 Å². The fraction of sp³-hybridized carbons (Fsp3) is 0.529. The minimum absolute atomic E-state index is 0.532. The molecule has 1 fully saturated rings. The molecule has 1 N–H and O–H groups in total. The van der Waals surface area contributed by atoms with E-state index in [1.807, 2.05) is 12.1 Å². The number of benzene rings is 1. The molecule has 1 aliphatic heterocycles. The summed E-state index contributed by atoms with van der Waals surface area (Å²) in [6.45, 7) is 11.1. The van der Waals surface area contributed by atoms with Crippen molar-refractivity contribution in [1.29, 1.82) is 0 Å². The molecular formula is C17H26N2O. The van der Waals surface area contributed by atoms with E-state index in [1.165, 1.54) is 31.5 Å². The van der Waals surface area contributed by atoms with Gasteiger partial charge in [0.1, 0.15) is 12.4 Å². The zero-order valence-electron chi connectivity index (χ0n) is 12.5. The molecule has 1 atom stereocenters. The van der Waals surface area contributed by atoms with Gasteiger partial charge in [-0.05, 0) is 50.6 Å². The summed E-state index contributed by atoms with van der Waals surface area (Å²) in [4.78, 5) is 2.55. The first kappa shape index (κ1) is 15.1. The van der Waals surface area contributed by atoms with Gasteiger partial charge < -0.3 is 15.0 Å². The van der Waals surface area contributed by atoms with Gasteiger partial charge in [-0.1, -0.05) is 24.8 Å². The van der Waals surface area contributed by atoms with E-state index in [9.17, 15) is 0 Å². The van der Waals surface area contributed by atoms with Crippen molar-refractivity contribution >= 4 is 0 Å². The number of likely N-dealkylation sites (tertiary alicyclic amines) is 1. The van der Waals surface area contributed by atoms with Crippen LogP contribution in [-0.2, 0) is 6.54 Å². The van der Waals surface area contributed by atoms with Gasteiger partial charge in [-0.15, -0.1) is 0 Å². The minimum Gasteiger partial charge on any atom is -0.490 e. The average molecular weight is 274 g/mol. The summed E-state index contributed by atoms with van der Waals surface area (Å²) in [6, 6.07) is 8.81. The van der Waals surface area contributed by atoms with E-state index in [2.05, 4.69) is 35.9 Å². The van der Waals surface area contributed by atoms with Crippen LogP contribution in [-0.4, -0.2) is 37.2 Å². The molecule has 1 unspecified atom stereocenters. The molecule has 2 rings (SSSR count). The summed E-state index contributed by atoms with van der Waals surface area (Å²) in [5.74, 6) is 0.902. The average Bonchev–Trinajstić information content (AvgIpc) is 2.97. The smallest absolute Gasteiger partial charge is 0.119 e. The van der Waals surface area contributed by atoms with Crippen LogP contribution in [0.2, 0.25) is 0 Å². The monoisotopic (exact) mass is 274 g/mol. The minimum atomic E-state index is 0.532. The van der Waals surface area contributed by atoms with Crippen molar-refractivity contribution in [1.82, 2.24) is 10.2 Å². The molecule has 1 saturated heterocycles. The van der Waals surface area contributed by atoms with Crippen LogP contribution in [0, 0.1) is 0 Å². The standard InChI is InChI=1S/C17H26N2O/c1-3-12-20-17-8-6-16(7-9-17)13-18-15(2)14-19-10-4-5-11-19/h3,6-9,15,18H,1,4-5,10-14H2,2H3. The SMILES string of the molecule is C=CCOc1ccc(CNC(C)CN2CCCC2)cc1. The Morgan fingerprint density at radius 2 is 2.00 bits per heavy atom. The number of rotatable bonds is 8. The van der Waals surface area contributed by atoms with Gasteiger partial charge in [0.05, 0.1) is 0 Å². The normalized spacial score (nSPS) is 17.1. The third kappa shape index (κ3) is 4.99. The van der Waals surface area contributed by atoms with Crippen molar-refractivity contribution in [2.75, 3.05) is 26.2 Å². The summed E-state index contributed by atoms with van der Waals surface area (Å²) in [5.41, 5.74) is 1.30. The molecule has 0 aromatic heterocycles. The van der Waals surface area contributed by atoms with Gasteiger partial charge in [0.25, 0.3) is 0 Å². The number of nitrogens with one attached hydrogen (secondary N) is 1. The molecule has 1 aromatic carbocycles. The lowest BCUT2D eigenvalue weighted by Gasteiger charge is -2.21. The van der Waals surface area contributed by atoms with Gasteiger partial charge in [0.2, 0.25) is 0 Å². The van der Waals surface area contributed by atoms with E-state index in [1.54, 1.807) is 6.08 Å². The zero-order chi connectivity index (χ0) is 14.2. The number of ether oxygens (including phenoxy) is 1. The first-order chi connectivity index (χ1) is 9.78. The molecule has 110 valence electrons. The van der Waals surface area contributed by atoms with Gasteiger partial charge >= 0.3 is 0 Å². The van der Waals surface area contributed by atoms with Crippen LogP contribution in [0.3, 0.4) is 0 Å². The second kappa shape index (κ2) is 8.08. The zero-order valence-corrected chi connectivity index (χ0v) is 12.5. The lowest BCUT2D eigenvalue weighted by atomic mass is 10.2. The molecule has 0 aliphatic carbocycles. The Hall–Kier alpha value is -1.32. The largest absolute Gasteiger partial charge is 0.490 e. The molecular weight excluding hydrogens is 248 g/mol. The summed E-state index contributed by atoms with van der Waals surface area (Å²) < 4.78 is 5.48. The van der Waals surface area contributed by atoms with E-state index in [4.69, 9.17) is 4.74 Å². The van der Waals surface area contributed by atoms with Crippen molar-refractivity contribution in [3.05, 3.63) is 42.5 Å². The molecule has 0 spiro atoms. The molecule has 1 heterocycles. The fourth-order valence-electron chi connectivity index (χ4n) is 2.57. The highest BCUT2D eigenvalue weighted by molar-refractivity contribution is 5.27. The highest BCUT2D eigenvalue weighted by atomic mass is 16.5. The van der Waals surface area contributed by atoms with Crippen molar-refractivity contribution in [3.8, 4) is 5.75 Å². The maximum atomic E-state index is 5.48. The summed E-state index contributed by atoms with van der Waals surface area (Å²) >= 11 is 0. The van der Waals surface area contributed by atoms with Crippen molar-refractivity contribution in [3.63, 3.8) is 0 Å². The molecule has 0 saturated carbocycles. The summed E-state index contributed by atoms with van der Waals surface area (Å²) in [7, 11) is 0. The first-order valence-corrected chi connectivity index (χ1v) is 7.56. The molecule has 1 aromatic rings. The van der Waals surface area contributed by atoms with Gasteiger partial charge in [0.15, 0.2) is 0 Å². The second-order valence-corrected chi connectivity index (χ2v) is 5.53. The number of hydrogen-bond acceptors (Lipinski definition) is 3. The van der Waals surface area contributed by atoms with Gasteiger partial charge in [-0.2, -0.15) is 0 Å². The van der Waals surface area contributed by atoms with Crippen molar-refractivity contribution in [2.45, 2.75) is 32.4 Å². The number of nitrogens with zero attached hydrogens (tertiary/aromatic N) is 1. The fourth-order valence-corrected chi connectivity index (χ4v) is 2.57. The van der Waals surface area contributed by atoms with Gasteiger partial charge in [-0.25, -0.2) is 0 Å². The van der Waals surface area contributed by atoms with Crippen LogP contribution in [0.5, 0.6) is 5.75 Å². The molecule has 0 bridgehead atoms. The Labute approximate surface area is 122 Å². The van der Waals surface area contributed by atoms with Gasteiger partial charge in [-0.3, -0.25) is 0 Å². The molecule has 0 radical (unpaired) electrons. The predicted octanol–water partition coefficient (Wildman–Crippen LogP) is 2.83. The van der Waals surface area contributed by atoms with Crippen LogP contribution in [0.15, 0.2) is 36.9 Å². The highest BCUT2D eigenvalue weighted by Gasteiger charge is 2.13. The topological polar surface area (TPSA) is 24.5 Å². The Balaban J connectivity index is 1.71. The van der Waals surface area contributed by atoms with E-state index in [-0.39, 0.29) is 0 Å². The van der Waals surface area contributed by atoms with Gasteiger partial charge in [0, 0.05) is 19.1 Å². The third-order valence-corrected chi connectivity index (χ3v) is 3.68. The quantitative estimate of drug-likeness (QED) is 0.738. The maximum absolute atomic E-state index is 5.48. The molecule has 3 nitrogen and oxygen atoms in total. The summed E-state index contributed by atoms with van der Waals surface area (Å²) in [6.07, 6.45) is 4.48. The molecule has 20 heavy (non-hydrogen) atoms. The summed E-state index contributed by atoms with van der Waals surface area (Å²) in [5, 5.41) is 3.59. The Morgan fingerprint density at radius 3 is 2.65 bits per heavy atom. The first-order valence-electron chi connectivity index (χ1n) is 7.56. The maximum Gasteiger partial charge on any atom is 0.119 e. The van der Waals surface area contributed by atoms with Crippen LogP contribution in [0.1, 0.15) is 25.3 Å². The van der Waals surface area contributed by atoms with E-state index in [0.717, 1.165) is 18.8 Å². The Kier molecular flexibility index (Phi) is 6.09. The molecule has 0 amide bonds. The van der Waals surface area contributed by atoms with Crippen LogP contribution in [0.25, 0.3) is 0 Å². The lowest BCUT2D eigenvalue weighted by Crippen LogP contribution is -2.37. The molecule has 3 heteroatoms.